The maximum Gasteiger partial charge on any atom is 0.307 e. The van der Waals surface area contributed by atoms with Crippen LogP contribution in [0.4, 0.5) is 15.9 Å². The maximum atomic E-state index is 13.0. The van der Waals surface area contributed by atoms with E-state index in [2.05, 4.69) is 15.5 Å². The number of anilines is 1. The van der Waals surface area contributed by atoms with Gasteiger partial charge in [0.25, 0.3) is 0 Å². The molecule has 134 valence electrons. The third-order valence-electron chi connectivity index (χ3n) is 3.63. The molecule has 9 nitrogen and oxygen atoms in total. The molecule has 0 aliphatic heterocycles. The van der Waals surface area contributed by atoms with Gasteiger partial charge in [0.2, 0.25) is 5.91 Å². The van der Waals surface area contributed by atoms with E-state index < -0.39 is 10.8 Å². The average Bonchev–Trinajstić information content (AvgIpc) is 3.17. The molecular weight excluding hydrogens is 343 g/mol. The molecule has 1 amide bonds. The van der Waals surface area contributed by atoms with Crippen molar-refractivity contribution in [3.05, 3.63) is 69.9 Å². The number of hydrogen-bond acceptors (Lipinski definition) is 5. The van der Waals surface area contributed by atoms with Crippen molar-refractivity contribution in [2.24, 2.45) is 0 Å². The van der Waals surface area contributed by atoms with Crippen LogP contribution in [-0.4, -0.2) is 30.4 Å². The van der Waals surface area contributed by atoms with Gasteiger partial charge in [0, 0.05) is 11.8 Å². The first-order chi connectivity index (χ1) is 12.4. The van der Waals surface area contributed by atoms with Gasteiger partial charge in [-0.15, -0.1) is 0 Å². The summed E-state index contributed by atoms with van der Waals surface area (Å²) in [6.07, 6.45) is 2.26. The van der Waals surface area contributed by atoms with Crippen molar-refractivity contribution < 1.29 is 14.1 Å². The zero-order chi connectivity index (χ0) is 18.7. The van der Waals surface area contributed by atoms with Gasteiger partial charge in [-0.2, -0.15) is 10.2 Å². The van der Waals surface area contributed by atoms with Crippen LogP contribution in [0.25, 0.3) is 0 Å². The Morgan fingerprint density at radius 2 is 2.08 bits per heavy atom. The van der Waals surface area contributed by atoms with Gasteiger partial charge in [0.15, 0.2) is 5.82 Å². The van der Waals surface area contributed by atoms with Crippen LogP contribution in [0.3, 0.4) is 0 Å². The molecule has 0 radical (unpaired) electrons. The standard InChI is InChI=1S/C16H15FN6O3/c1-11-6-15(20-22(11)8-12-2-4-13(17)5-3-12)19-16(24)10-21-9-14(7-18-21)23(25)26/h2-7,9H,8,10H2,1H3,(H,19,20,24). The summed E-state index contributed by atoms with van der Waals surface area (Å²) in [5.74, 6) is -0.358. The molecule has 0 unspecified atom stereocenters. The summed E-state index contributed by atoms with van der Waals surface area (Å²) < 4.78 is 15.8. The number of nitrogens with zero attached hydrogens (tertiary/aromatic N) is 5. The number of nitrogens with one attached hydrogen (secondary N) is 1. The second-order valence-corrected chi connectivity index (χ2v) is 5.66. The fraction of sp³-hybridized carbons (Fsp3) is 0.188. The van der Waals surface area contributed by atoms with E-state index in [4.69, 9.17) is 0 Å². The minimum absolute atomic E-state index is 0.169. The molecule has 0 atom stereocenters. The monoisotopic (exact) mass is 358 g/mol. The van der Waals surface area contributed by atoms with Crippen molar-refractivity contribution in [3.63, 3.8) is 0 Å². The summed E-state index contributed by atoms with van der Waals surface area (Å²) in [7, 11) is 0. The molecule has 0 bridgehead atoms. The Hall–Kier alpha value is -3.56. The Morgan fingerprint density at radius 1 is 1.35 bits per heavy atom. The largest absolute Gasteiger partial charge is 0.308 e. The fourth-order valence-electron chi connectivity index (χ4n) is 2.36. The number of rotatable bonds is 6. The van der Waals surface area contributed by atoms with Crippen LogP contribution < -0.4 is 5.32 Å². The Kier molecular flexibility index (Phi) is 4.74. The Morgan fingerprint density at radius 3 is 2.73 bits per heavy atom. The van der Waals surface area contributed by atoms with Crippen molar-refractivity contribution >= 4 is 17.4 Å². The van der Waals surface area contributed by atoms with Crippen molar-refractivity contribution in [3.8, 4) is 0 Å². The summed E-state index contributed by atoms with van der Waals surface area (Å²) in [4.78, 5) is 22.1. The Labute approximate surface area is 147 Å². The van der Waals surface area contributed by atoms with Gasteiger partial charge in [0.1, 0.15) is 24.8 Å². The van der Waals surface area contributed by atoms with Gasteiger partial charge >= 0.3 is 5.69 Å². The number of amides is 1. The lowest BCUT2D eigenvalue weighted by Gasteiger charge is -2.04. The normalized spacial score (nSPS) is 10.7. The maximum absolute atomic E-state index is 13.0. The van der Waals surface area contributed by atoms with Crippen LogP contribution >= 0.6 is 0 Å². The van der Waals surface area contributed by atoms with Crippen LogP contribution in [0.15, 0.2) is 42.7 Å². The molecule has 2 heterocycles. The minimum atomic E-state index is -0.581. The molecule has 3 aromatic rings. The van der Waals surface area contributed by atoms with Crippen molar-refractivity contribution in [1.29, 1.82) is 0 Å². The molecule has 0 aliphatic rings. The van der Waals surface area contributed by atoms with Crippen LogP contribution in [0.1, 0.15) is 11.3 Å². The van der Waals surface area contributed by atoms with Crippen LogP contribution in [0.2, 0.25) is 0 Å². The van der Waals surface area contributed by atoms with Gasteiger partial charge in [-0.1, -0.05) is 12.1 Å². The molecule has 2 aromatic heterocycles. The summed E-state index contributed by atoms with van der Waals surface area (Å²) in [6.45, 7) is 2.11. The summed E-state index contributed by atoms with van der Waals surface area (Å²) >= 11 is 0. The van der Waals surface area contributed by atoms with Gasteiger partial charge < -0.3 is 5.32 Å². The highest BCUT2D eigenvalue weighted by Crippen LogP contribution is 2.13. The summed E-state index contributed by atoms with van der Waals surface area (Å²) in [5.41, 5.74) is 1.51. The highest BCUT2D eigenvalue weighted by Gasteiger charge is 2.13. The molecule has 0 saturated heterocycles. The lowest BCUT2D eigenvalue weighted by molar-refractivity contribution is -0.385. The zero-order valence-electron chi connectivity index (χ0n) is 13.8. The second-order valence-electron chi connectivity index (χ2n) is 5.66. The Balaban J connectivity index is 1.63. The van der Waals surface area contributed by atoms with E-state index in [-0.39, 0.29) is 18.0 Å². The third kappa shape index (κ3) is 4.09. The van der Waals surface area contributed by atoms with Crippen LogP contribution in [0.5, 0.6) is 0 Å². The van der Waals surface area contributed by atoms with E-state index in [1.165, 1.54) is 23.0 Å². The second kappa shape index (κ2) is 7.13. The molecule has 0 aliphatic carbocycles. The Bertz CT molecular complexity index is 947. The predicted molar refractivity (Wildman–Crippen MR) is 90.0 cm³/mol. The summed E-state index contributed by atoms with van der Waals surface area (Å²) in [5, 5.41) is 21.3. The number of carbonyl (C=O) groups excluding carboxylic acids is 1. The lowest BCUT2D eigenvalue weighted by atomic mass is 10.2. The first-order valence-electron chi connectivity index (χ1n) is 7.66. The fourth-order valence-corrected chi connectivity index (χ4v) is 2.36. The molecule has 1 aromatic carbocycles. The van der Waals surface area contributed by atoms with E-state index in [1.54, 1.807) is 22.9 Å². The molecule has 0 fully saturated rings. The molecule has 1 N–H and O–H groups in total. The van der Waals surface area contributed by atoms with Crippen molar-refractivity contribution in [1.82, 2.24) is 19.6 Å². The van der Waals surface area contributed by atoms with Gasteiger partial charge in [-0.25, -0.2) is 4.39 Å². The van der Waals surface area contributed by atoms with Gasteiger partial charge in [0.05, 0.1) is 11.5 Å². The average molecular weight is 358 g/mol. The highest BCUT2D eigenvalue weighted by molar-refractivity contribution is 5.89. The number of halogens is 1. The molecule has 26 heavy (non-hydrogen) atoms. The lowest BCUT2D eigenvalue weighted by Crippen LogP contribution is -2.19. The number of benzene rings is 1. The number of nitro groups is 1. The smallest absolute Gasteiger partial charge is 0.307 e. The van der Waals surface area contributed by atoms with Crippen LogP contribution in [-0.2, 0) is 17.9 Å². The number of carbonyl (C=O) groups is 1. The number of aryl methyl sites for hydroxylation is 1. The molecule has 0 spiro atoms. The SMILES string of the molecule is Cc1cc(NC(=O)Cn2cc([N+](=O)[O-])cn2)nn1Cc1ccc(F)cc1. The quantitative estimate of drug-likeness (QED) is 0.536. The topological polar surface area (TPSA) is 108 Å². The summed E-state index contributed by atoms with van der Waals surface area (Å²) in [6, 6.07) is 7.78. The number of hydrogen-bond donors (Lipinski definition) is 1. The van der Waals surface area contributed by atoms with Crippen LogP contribution in [0, 0.1) is 22.9 Å². The van der Waals surface area contributed by atoms with E-state index in [0.29, 0.717) is 12.4 Å². The van der Waals surface area contributed by atoms with E-state index in [0.717, 1.165) is 17.5 Å². The van der Waals surface area contributed by atoms with E-state index >= 15 is 0 Å². The molecule has 10 heteroatoms. The number of aromatic nitrogens is 4. The molecule has 3 rings (SSSR count). The minimum Gasteiger partial charge on any atom is -0.308 e. The molecular formula is C16H15FN6O3. The first kappa shape index (κ1) is 17.3. The zero-order valence-corrected chi connectivity index (χ0v) is 13.8. The molecule has 0 saturated carbocycles. The highest BCUT2D eigenvalue weighted by atomic mass is 19.1. The van der Waals surface area contributed by atoms with E-state index in [9.17, 15) is 19.3 Å². The third-order valence-corrected chi connectivity index (χ3v) is 3.63. The van der Waals surface area contributed by atoms with Gasteiger partial charge in [-0.05, 0) is 24.6 Å². The van der Waals surface area contributed by atoms with Crippen molar-refractivity contribution in [2.75, 3.05) is 5.32 Å². The van der Waals surface area contributed by atoms with Crippen molar-refractivity contribution in [2.45, 2.75) is 20.0 Å². The van der Waals surface area contributed by atoms with Gasteiger partial charge in [-0.3, -0.25) is 24.3 Å². The first-order valence-corrected chi connectivity index (χ1v) is 7.66. The predicted octanol–water partition coefficient (Wildman–Crippen LogP) is 2.12. The van der Waals surface area contributed by atoms with E-state index in [1.807, 2.05) is 6.92 Å².